The largest absolute Gasteiger partial charge is 0.465 e. The molecular weight excluding hydrogens is 1130 g/mol. The summed E-state index contributed by atoms with van der Waals surface area (Å²) in [5.41, 5.74) is 23.4. The molecule has 15 aromatic rings. The molecule has 0 spiro atoms. The molecule has 91 heavy (non-hydrogen) atoms. The van der Waals surface area contributed by atoms with Crippen molar-refractivity contribution >= 4 is 66.9 Å². The van der Waals surface area contributed by atoms with E-state index in [-0.39, 0.29) is 11.9 Å². The number of hydrogen-bond donors (Lipinski definition) is 0. The lowest BCUT2D eigenvalue weighted by molar-refractivity contribution is 0.0592. The van der Waals surface area contributed by atoms with Crippen molar-refractivity contribution < 1.29 is 19.1 Å². The standard InChI is InChI=1S/C84H54N2O4S/c1-89-81(87)53-41-37-51(38-42-53)55-45-47-61-67(49-55)68-50-56(52-39-43-54(44-40-52)82(88)90-2)46-48-62(68)76-75(61)85-77-78(86-76)80(66-32-20-36-72-74(66)64-30-16-18-34-70(64)84(72,59-25-11-5-12-26-59)60-27-13-6-14-28-60)91-79(77)65-31-19-35-71-73(65)63-29-15-17-33-69(63)83(71,57-21-7-3-8-22-57)58-23-9-4-10-24-58/h3-50H,1-2H3. The van der Waals surface area contributed by atoms with E-state index in [1.807, 2.05) is 48.5 Å². The van der Waals surface area contributed by atoms with Crippen molar-refractivity contribution in [2.45, 2.75) is 10.8 Å². The van der Waals surface area contributed by atoms with E-state index in [2.05, 4.69) is 243 Å². The van der Waals surface area contributed by atoms with Crippen molar-refractivity contribution in [3.8, 4) is 65.4 Å². The van der Waals surface area contributed by atoms with Gasteiger partial charge in [-0.3, -0.25) is 0 Å². The van der Waals surface area contributed by atoms with Crippen LogP contribution in [0.2, 0.25) is 0 Å². The zero-order valence-corrected chi connectivity index (χ0v) is 50.5. The van der Waals surface area contributed by atoms with E-state index in [4.69, 9.17) is 19.4 Å². The number of benzene rings is 13. The van der Waals surface area contributed by atoms with Crippen LogP contribution < -0.4 is 0 Å². The molecule has 2 aliphatic carbocycles. The van der Waals surface area contributed by atoms with Crippen molar-refractivity contribution in [2.24, 2.45) is 0 Å². The third-order valence-corrected chi connectivity index (χ3v) is 20.3. The topological polar surface area (TPSA) is 78.4 Å². The highest BCUT2D eigenvalue weighted by Crippen LogP contribution is 2.62. The Morgan fingerprint density at radius 3 is 0.989 bits per heavy atom. The van der Waals surface area contributed by atoms with Gasteiger partial charge in [0.1, 0.15) is 11.0 Å². The second-order valence-electron chi connectivity index (χ2n) is 23.5. The maximum atomic E-state index is 12.6. The summed E-state index contributed by atoms with van der Waals surface area (Å²) in [6, 6.07) is 104. The molecule has 2 aromatic heterocycles. The number of thiophene rings is 1. The first-order valence-electron chi connectivity index (χ1n) is 30.6. The van der Waals surface area contributed by atoms with E-state index >= 15 is 0 Å². The number of ether oxygens (including phenoxy) is 2. The van der Waals surface area contributed by atoms with Gasteiger partial charge in [-0.05, 0) is 136 Å². The monoisotopic (exact) mass is 1190 g/mol. The van der Waals surface area contributed by atoms with Crippen molar-refractivity contribution in [2.75, 3.05) is 14.2 Å². The third kappa shape index (κ3) is 7.97. The number of hydrogen-bond acceptors (Lipinski definition) is 7. The Kier molecular flexibility index (Phi) is 12.5. The Morgan fingerprint density at radius 2 is 0.626 bits per heavy atom. The summed E-state index contributed by atoms with van der Waals surface area (Å²) in [7, 11) is 2.80. The molecule has 0 bridgehead atoms. The van der Waals surface area contributed by atoms with Crippen LogP contribution in [0.3, 0.4) is 0 Å². The Morgan fingerprint density at radius 1 is 0.308 bits per heavy atom. The summed E-state index contributed by atoms with van der Waals surface area (Å²) in [6.45, 7) is 0. The summed E-state index contributed by atoms with van der Waals surface area (Å²) in [4.78, 5) is 39.5. The van der Waals surface area contributed by atoms with E-state index in [1.165, 1.54) is 81.0 Å². The highest BCUT2D eigenvalue weighted by molar-refractivity contribution is 7.21. The molecule has 0 N–H and O–H groups in total. The molecule has 0 aliphatic heterocycles. The maximum absolute atomic E-state index is 12.6. The van der Waals surface area contributed by atoms with Crippen LogP contribution in [0.5, 0.6) is 0 Å². The Bertz CT molecular complexity index is 5040. The van der Waals surface area contributed by atoms with Gasteiger partial charge in [0.15, 0.2) is 0 Å². The minimum atomic E-state index is -0.629. The SMILES string of the molecule is COC(=O)c1ccc(-c2ccc3c(c2)c2cc(-c4ccc(C(=O)OC)cc4)ccc2c2nc4c(-c5cccc6c5-c5ccccc5C6(c5ccccc5)c5ccccc5)sc(-c5cccc6c5-c5ccccc5C6(c5ccccc5)c5ccccc5)c4nc32)cc1. The fourth-order valence-electron chi connectivity index (χ4n) is 15.2. The second-order valence-corrected chi connectivity index (χ2v) is 24.6. The van der Waals surface area contributed by atoms with Crippen LogP contribution in [0, 0.1) is 0 Å². The summed E-state index contributed by atoms with van der Waals surface area (Å²) >= 11 is 1.78. The van der Waals surface area contributed by atoms with E-state index in [0.717, 1.165) is 86.7 Å². The number of carbonyl (C=O) groups excluding carboxylic acids is 2. The minimum absolute atomic E-state index is 0.388. The third-order valence-electron chi connectivity index (χ3n) is 19.1. The molecule has 0 radical (unpaired) electrons. The Balaban J connectivity index is 0.991. The molecule has 0 fully saturated rings. The zero-order chi connectivity index (χ0) is 61.0. The van der Waals surface area contributed by atoms with E-state index in [0.29, 0.717) is 11.1 Å². The molecule has 0 unspecified atom stereocenters. The number of rotatable bonds is 10. The summed E-state index contributed by atoms with van der Waals surface area (Å²) in [6.07, 6.45) is 0. The van der Waals surface area contributed by atoms with Gasteiger partial charge in [0.05, 0.1) is 57.0 Å². The first-order chi connectivity index (χ1) is 44.9. The number of fused-ring (bicyclic) bond motifs is 13. The maximum Gasteiger partial charge on any atom is 0.337 e. The van der Waals surface area contributed by atoms with E-state index in [9.17, 15) is 9.59 Å². The van der Waals surface area contributed by atoms with Crippen LogP contribution in [0.1, 0.15) is 65.2 Å². The number of esters is 2. The van der Waals surface area contributed by atoms with Gasteiger partial charge >= 0.3 is 11.9 Å². The van der Waals surface area contributed by atoms with Crippen LogP contribution in [0.4, 0.5) is 0 Å². The lowest BCUT2D eigenvalue weighted by Gasteiger charge is -2.34. The molecule has 2 heterocycles. The quantitative estimate of drug-likeness (QED) is 0.100. The smallest absolute Gasteiger partial charge is 0.337 e. The van der Waals surface area contributed by atoms with Gasteiger partial charge < -0.3 is 9.47 Å². The lowest BCUT2D eigenvalue weighted by Crippen LogP contribution is -2.28. The molecule has 430 valence electrons. The van der Waals surface area contributed by atoms with Gasteiger partial charge in [0, 0.05) is 21.9 Å². The fraction of sp³-hybridized carbons (Fsp3) is 0.0476. The van der Waals surface area contributed by atoms with Crippen LogP contribution >= 0.6 is 11.3 Å². The van der Waals surface area contributed by atoms with Crippen molar-refractivity contribution in [1.82, 2.24) is 9.97 Å². The van der Waals surface area contributed by atoms with Gasteiger partial charge in [-0.1, -0.05) is 255 Å². The average molecular weight is 1190 g/mol. The molecule has 7 heteroatoms. The Hall–Kier alpha value is -11.4. The average Bonchev–Trinajstić information content (AvgIpc) is 1.54. The van der Waals surface area contributed by atoms with Crippen molar-refractivity contribution in [3.63, 3.8) is 0 Å². The molecule has 0 amide bonds. The molecule has 0 atom stereocenters. The minimum Gasteiger partial charge on any atom is -0.465 e. The number of methoxy groups -OCH3 is 2. The molecule has 17 rings (SSSR count). The van der Waals surface area contributed by atoms with E-state index < -0.39 is 10.8 Å². The highest BCUT2D eigenvalue weighted by atomic mass is 32.1. The van der Waals surface area contributed by atoms with Gasteiger partial charge in [0.25, 0.3) is 0 Å². The molecule has 2 aliphatic rings. The predicted octanol–water partition coefficient (Wildman–Crippen LogP) is 20.1. The first-order valence-corrected chi connectivity index (χ1v) is 31.4. The fourth-order valence-corrected chi connectivity index (χ4v) is 16.4. The predicted molar refractivity (Wildman–Crippen MR) is 369 cm³/mol. The van der Waals surface area contributed by atoms with E-state index in [1.54, 1.807) is 11.3 Å². The summed E-state index contributed by atoms with van der Waals surface area (Å²) < 4.78 is 10.2. The molecule has 6 nitrogen and oxygen atoms in total. The van der Waals surface area contributed by atoms with Crippen LogP contribution in [0.25, 0.3) is 109 Å². The molecular formula is C84H54N2O4S. The number of aromatic nitrogens is 2. The van der Waals surface area contributed by atoms with Gasteiger partial charge in [-0.2, -0.15) is 0 Å². The van der Waals surface area contributed by atoms with Gasteiger partial charge in [0.2, 0.25) is 0 Å². The summed E-state index contributed by atoms with van der Waals surface area (Å²) in [5.74, 6) is -0.776. The first kappa shape index (κ1) is 53.8. The second kappa shape index (κ2) is 21.2. The van der Waals surface area contributed by atoms with Crippen LogP contribution in [-0.4, -0.2) is 36.1 Å². The number of nitrogens with zero attached hydrogens (tertiary/aromatic N) is 2. The van der Waals surface area contributed by atoms with Gasteiger partial charge in [-0.25, -0.2) is 19.6 Å². The molecule has 13 aromatic carbocycles. The summed E-state index contributed by atoms with van der Waals surface area (Å²) in [5, 5.41) is 3.89. The van der Waals surface area contributed by atoms with Crippen LogP contribution in [-0.2, 0) is 20.3 Å². The number of carbonyl (C=O) groups is 2. The normalized spacial score (nSPS) is 13.2. The van der Waals surface area contributed by atoms with Crippen molar-refractivity contribution in [1.29, 1.82) is 0 Å². The van der Waals surface area contributed by atoms with Crippen molar-refractivity contribution in [3.05, 3.63) is 347 Å². The lowest BCUT2D eigenvalue weighted by atomic mass is 9.67. The molecule has 0 saturated carbocycles. The Labute approximate surface area is 530 Å². The van der Waals surface area contributed by atoms with Gasteiger partial charge in [-0.15, -0.1) is 11.3 Å². The highest BCUT2D eigenvalue weighted by Gasteiger charge is 2.49. The zero-order valence-electron chi connectivity index (χ0n) is 49.6. The van der Waals surface area contributed by atoms with Crippen LogP contribution in [0.15, 0.2) is 291 Å². The molecule has 0 saturated heterocycles.